The van der Waals surface area contributed by atoms with Gasteiger partial charge in [-0.1, -0.05) is 88.1 Å². The number of carbonyl (C=O) groups is 2. The zero-order chi connectivity index (χ0) is 38.6. The molecular weight excluding hydrogens is 668 g/mol. The molecule has 1 heterocycles. The quantitative estimate of drug-likeness (QED) is 0.170. The van der Waals surface area contributed by atoms with Gasteiger partial charge in [-0.25, -0.2) is 0 Å². The van der Waals surface area contributed by atoms with Crippen LogP contribution in [0.2, 0.25) is 0 Å². The van der Waals surface area contributed by atoms with E-state index in [9.17, 15) is 19.8 Å². The molecule has 0 unspecified atom stereocenters. The second kappa shape index (κ2) is 17.1. The van der Waals surface area contributed by atoms with Crippen molar-refractivity contribution in [1.29, 1.82) is 0 Å². The smallest absolute Gasteiger partial charge is 0.251 e. The van der Waals surface area contributed by atoms with Crippen molar-refractivity contribution in [3.8, 4) is 16.9 Å². The first kappa shape index (κ1) is 40.4. The van der Waals surface area contributed by atoms with Crippen LogP contribution in [0, 0.1) is 29.1 Å². The third kappa shape index (κ3) is 8.79. The number of ether oxygens (including phenoxy) is 1. The van der Waals surface area contributed by atoms with E-state index in [1.54, 1.807) is 37.3 Å². The maximum Gasteiger partial charge on any atom is 0.251 e. The summed E-state index contributed by atoms with van der Waals surface area (Å²) in [6, 6.07) is 12.3. The van der Waals surface area contributed by atoms with Crippen LogP contribution >= 0.6 is 0 Å². The first-order valence-electron chi connectivity index (χ1n) is 18.9. The van der Waals surface area contributed by atoms with Gasteiger partial charge in [-0.2, -0.15) is 5.06 Å². The van der Waals surface area contributed by atoms with Crippen molar-refractivity contribution in [2.45, 2.75) is 83.8 Å². The number of fused-ring (bicyclic) bond motifs is 2. The monoisotopic (exact) mass is 728 g/mol. The molecule has 4 fully saturated rings. The lowest BCUT2D eigenvalue weighted by Gasteiger charge is -2.62. The minimum absolute atomic E-state index is 0.0460. The number of nitrogens with zero attached hydrogens (tertiary/aromatic N) is 2. The summed E-state index contributed by atoms with van der Waals surface area (Å²) in [5.74, 6) is 1.09. The molecule has 288 valence electrons. The molecule has 2 aromatic rings. The Bertz CT molecular complexity index is 1650. The van der Waals surface area contributed by atoms with Gasteiger partial charge in [0.05, 0.1) is 26.4 Å². The van der Waals surface area contributed by atoms with Crippen molar-refractivity contribution in [2.24, 2.45) is 29.1 Å². The Hall–Kier alpha value is -3.80. The van der Waals surface area contributed by atoms with Gasteiger partial charge in [-0.3, -0.25) is 14.4 Å². The maximum atomic E-state index is 14.2. The fraction of sp³-hybridized carbons (Fsp3) is 0.535. The Balaban J connectivity index is 1.34. The topological polar surface area (TPSA) is 124 Å². The fourth-order valence-corrected chi connectivity index (χ4v) is 9.09. The summed E-state index contributed by atoms with van der Waals surface area (Å²) >= 11 is 0. The Morgan fingerprint density at radius 1 is 1.17 bits per heavy atom. The van der Waals surface area contributed by atoms with Gasteiger partial charge in [-0.15, -0.1) is 0 Å². The molecule has 1 aliphatic heterocycles. The van der Waals surface area contributed by atoms with Crippen molar-refractivity contribution < 1.29 is 29.4 Å². The SMILES string of the molecule is C=C/C=C\C(=C)C[C@@H](CN(C)C)NC(=O)c1ccc(-c2cccc(CN3O[C@@H](CO)[C@@H]([C@H](C)O)[C@H]3C(=O)N[C@H]3C[C@H]4C[C@@H]([C@@H]3C)C4(C)C)c2OC)cc1. The van der Waals surface area contributed by atoms with Gasteiger partial charge < -0.3 is 30.5 Å². The van der Waals surface area contributed by atoms with Crippen molar-refractivity contribution in [3.63, 3.8) is 0 Å². The summed E-state index contributed by atoms with van der Waals surface area (Å²) in [6.07, 6.45) is 6.56. The summed E-state index contributed by atoms with van der Waals surface area (Å²) in [6.45, 7) is 16.9. The van der Waals surface area contributed by atoms with Gasteiger partial charge in [0.2, 0.25) is 5.91 Å². The molecule has 4 N–H and O–H groups in total. The molecule has 0 aromatic heterocycles. The van der Waals surface area contributed by atoms with Crippen LogP contribution in [-0.4, -0.2) is 96.7 Å². The molecule has 2 aromatic carbocycles. The van der Waals surface area contributed by atoms with Gasteiger partial charge in [0.15, 0.2) is 0 Å². The lowest BCUT2D eigenvalue weighted by molar-refractivity contribution is -0.183. The molecule has 1 saturated heterocycles. The fourth-order valence-electron chi connectivity index (χ4n) is 9.09. The highest BCUT2D eigenvalue weighted by atomic mass is 16.7. The van der Waals surface area contributed by atoms with Crippen molar-refractivity contribution in [2.75, 3.05) is 34.4 Å². The van der Waals surface area contributed by atoms with Gasteiger partial charge in [0.1, 0.15) is 17.9 Å². The van der Waals surface area contributed by atoms with E-state index in [4.69, 9.17) is 9.57 Å². The number of hydroxylamine groups is 2. The Morgan fingerprint density at radius 3 is 2.47 bits per heavy atom. The number of hydrogen-bond acceptors (Lipinski definition) is 8. The number of aliphatic hydroxyl groups is 2. The zero-order valence-corrected chi connectivity index (χ0v) is 32.5. The lowest BCUT2D eigenvalue weighted by Crippen LogP contribution is -2.62. The molecule has 10 heteroatoms. The van der Waals surface area contributed by atoms with Crippen LogP contribution in [0.1, 0.15) is 62.9 Å². The van der Waals surface area contributed by atoms with Gasteiger partial charge >= 0.3 is 0 Å². The molecule has 3 aliphatic carbocycles. The number of amides is 2. The number of nitrogens with one attached hydrogen (secondary N) is 2. The van der Waals surface area contributed by atoms with Crippen LogP contribution in [0.3, 0.4) is 0 Å². The molecule has 3 saturated carbocycles. The van der Waals surface area contributed by atoms with Crippen LogP contribution in [0.4, 0.5) is 0 Å². The predicted molar refractivity (Wildman–Crippen MR) is 209 cm³/mol. The summed E-state index contributed by atoms with van der Waals surface area (Å²) in [5.41, 5.74) is 4.17. The average molecular weight is 729 g/mol. The van der Waals surface area contributed by atoms with Crippen LogP contribution in [0.5, 0.6) is 5.75 Å². The highest BCUT2D eigenvalue weighted by molar-refractivity contribution is 5.95. The van der Waals surface area contributed by atoms with Gasteiger partial charge in [0, 0.05) is 41.2 Å². The Morgan fingerprint density at radius 2 is 1.89 bits per heavy atom. The number of para-hydroxylation sites is 1. The predicted octanol–water partition coefficient (Wildman–Crippen LogP) is 5.37. The number of aliphatic hydroxyl groups excluding tert-OH is 2. The minimum Gasteiger partial charge on any atom is -0.496 e. The van der Waals surface area contributed by atoms with Crippen molar-refractivity contribution in [3.05, 3.63) is 90.6 Å². The molecule has 0 radical (unpaired) electrons. The normalized spacial score (nSPS) is 27.5. The molecule has 10 nitrogen and oxygen atoms in total. The van der Waals surface area contributed by atoms with Gasteiger partial charge in [0.25, 0.3) is 5.91 Å². The highest BCUT2D eigenvalue weighted by Crippen LogP contribution is 2.61. The van der Waals surface area contributed by atoms with E-state index in [0.29, 0.717) is 42.0 Å². The second-order valence-electron chi connectivity index (χ2n) is 16.2. The number of methoxy groups -OCH3 is 1. The van der Waals surface area contributed by atoms with E-state index in [1.807, 2.05) is 61.5 Å². The van der Waals surface area contributed by atoms with Crippen molar-refractivity contribution in [1.82, 2.24) is 20.6 Å². The summed E-state index contributed by atoms with van der Waals surface area (Å²) < 4.78 is 5.98. The number of benzene rings is 2. The Labute approximate surface area is 315 Å². The summed E-state index contributed by atoms with van der Waals surface area (Å²) in [7, 11) is 5.55. The molecule has 4 aliphatic rings. The lowest BCUT2D eigenvalue weighted by atomic mass is 9.45. The second-order valence-corrected chi connectivity index (χ2v) is 16.2. The number of hydrogen-bond donors (Lipinski definition) is 4. The highest BCUT2D eigenvalue weighted by Gasteiger charge is 2.57. The van der Waals surface area contributed by atoms with E-state index >= 15 is 0 Å². The van der Waals surface area contributed by atoms with Crippen molar-refractivity contribution >= 4 is 11.8 Å². The van der Waals surface area contributed by atoms with E-state index in [2.05, 4.69) is 44.6 Å². The van der Waals surface area contributed by atoms with Crippen LogP contribution in [0.15, 0.2) is 79.4 Å². The summed E-state index contributed by atoms with van der Waals surface area (Å²) in [5, 5.41) is 29.3. The maximum absolute atomic E-state index is 14.2. The molecule has 2 bridgehead atoms. The van der Waals surface area contributed by atoms with Crippen LogP contribution in [-0.2, 0) is 16.2 Å². The van der Waals surface area contributed by atoms with E-state index in [0.717, 1.165) is 28.7 Å². The van der Waals surface area contributed by atoms with E-state index in [-0.39, 0.29) is 42.5 Å². The molecule has 2 amide bonds. The van der Waals surface area contributed by atoms with E-state index in [1.165, 1.54) is 6.42 Å². The Kier molecular flexibility index (Phi) is 13.0. The van der Waals surface area contributed by atoms with Crippen LogP contribution in [0.25, 0.3) is 11.1 Å². The number of allylic oxidation sites excluding steroid dienone is 3. The molecule has 53 heavy (non-hydrogen) atoms. The first-order chi connectivity index (χ1) is 25.2. The number of rotatable bonds is 16. The largest absolute Gasteiger partial charge is 0.496 e. The molecule has 6 rings (SSSR count). The number of carbonyl (C=O) groups excluding carboxylic acids is 2. The molecule has 0 spiro atoms. The van der Waals surface area contributed by atoms with E-state index < -0.39 is 24.2 Å². The molecular formula is C43H60N4O6. The number of likely N-dealkylation sites (N-methyl/N-ethyl adjacent to an activating group) is 1. The standard InChI is InChI=1S/C43H60N4O6/c1-10-11-13-26(2)20-33(24-46(7)8)44-41(50)30-18-16-29(17-19-30)34-15-12-14-31(40(34)52-9)23-47-39(38(28(4)49)37(25-48)53-47)42(51)45-36-22-32-21-35(27(36)3)43(32,5)6/h10-19,27-28,32-33,35-39,48-49H,1-2,20-25H2,3-9H3,(H,44,50)(H,45,51)/b13-11-/t27-,28-,32+,33-,35-,36-,37-,38+,39-/m0/s1. The van der Waals surface area contributed by atoms with Crippen LogP contribution < -0.4 is 15.4 Å². The average Bonchev–Trinajstić information content (AvgIpc) is 3.49. The zero-order valence-electron chi connectivity index (χ0n) is 32.5. The third-order valence-corrected chi connectivity index (χ3v) is 12.0. The van der Waals surface area contributed by atoms with Gasteiger partial charge in [-0.05, 0) is 81.1 Å². The summed E-state index contributed by atoms with van der Waals surface area (Å²) in [4.78, 5) is 35.8. The molecule has 9 atom stereocenters. The minimum atomic E-state index is -0.890. The third-order valence-electron chi connectivity index (χ3n) is 12.0. The first-order valence-corrected chi connectivity index (χ1v) is 18.9.